The van der Waals surface area contributed by atoms with Gasteiger partial charge in [-0.25, -0.2) is 4.98 Å². The molecule has 25 heavy (non-hydrogen) atoms. The summed E-state index contributed by atoms with van der Waals surface area (Å²) in [4.78, 5) is 16.1. The number of nitrogens with two attached hydrogens (primary N) is 1. The number of carbonyl (C=O) groups is 1. The Morgan fingerprint density at radius 1 is 1.12 bits per heavy atom. The Kier molecular flexibility index (Phi) is 11.4. The number of nitrogens with zero attached hydrogens (tertiary/aromatic N) is 1. The fourth-order valence-electron chi connectivity index (χ4n) is 2.20. The largest absolute Gasteiger partial charge is 0.399 e. The molecule has 0 aliphatic carbocycles. The summed E-state index contributed by atoms with van der Waals surface area (Å²) in [5.74, 6) is 0.920. The van der Waals surface area contributed by atoms with Crippen molar-refractivity contribution < 1.29 is 4.79 Å². The average molecular weight is 385 g/mol. The highest BCUT2D eigenvalue weighted by Crippen LogP contribution is 2.12. The predicted octanol–water partition coefficient (Wildman–Crippen LogP) is 3.37. The summed E-state index contributed by atoms with van der Waals surface area (Å²) in [6, 6.07) is 11.6. The molecule has 0 bridgehead atoms. The zero-order chi connectivity index (χ0) is 16.5. The maximum atomic E-state index is 11.8. The maximum absolute atomic E-state index is 11.8. The number of amides is 1. The molecule has 5 nitrogen and oxygen atoms in total. The Labute approximate surface area is 161 Å². The second-order valence-electron chi connectivity index (χ2n) is 5.55. The van der Waals surface area contributed by atoms with E-state index in [0.29, 0.717) is 19.4 Å². The zero-order valence-electron chi connectivity index (χ0n) is 14.3. The van der Waals surface area contributed by atoms with Crippen molar-refractivity contribution in [1.29, 1.82) is 0 Å². The lowest BCUT2D eigenvalue weighted by molar-refractivity contribution is -0.121. The second kappa shape index (κ2) is 12.4. The van der Waals surface area contributed by atoms with Gasteiger partial charge in [-0.3, -0.25) is 4.79 Å². The molecular weight excluding hydrogens is 359 g/mol. The minimum atomic E-state index is 0. The van der Waals surface area contributed by atoms with Gasteiger partial charge in [0.2, 0.25) is 5.91 Å². The molecule has 0 radical (unpaired) electrons. The van der Waals surface area contributed by atoms with Crippen LogP contribution in [0.3, 0.4) is 0 Å². The number of halogens is 2. The third-order valence-corrected chi connectivity index (χ3v) is 3.57. The lowest BCUT2D eigenvalue weighted by atomic mass is 10.1. The predicted molar refractivity (Wildman–Crippen MR) is 109 cm³/mol. The maximum Gasteiger partial charge on any atom is 0.220 e. The molecule has 138 valence electrons. The number of nitrogen functional groups attached to an aromatic ring is 1. The smallest absolute Gasteiger partial charge is 0.220 e. The van der Waals surface area contributed by atoms with Gasteiger partial charge in [-0.15, -0.1) is 24.8 Å². The summed E-state index contributed by atoms with van der Waals surface area (Å²) >= 11 is 0. The molecule has 2 rings (SSSR count). The van der Waals surface area contributed by atoms with Gasteiger partial charge in [0.1, 0.15) is 5.82 Å². The molecule has 0 unspecified atom stereocenters. The van der Waals surface area contributed by atoms with E-state index in [4.69, 9.17) is 5.73 Å². The van der Waals surface area contributed by atoms with Gasteiger partial charge in [-0.2, -0.15) is 0 Å². The van der Waals surface area contributed by atoms with Crippen LogP contribution >= 0.6 is 24.8 Å². The third-order valence-electron chi connectivity index (χ3n) is 3.57. The molecule has 7 heteroatoms. The fourth-order valence-corrected chi connectivity index (χ4v) is 2.20. The van der Waals surface area contributed by atoms with E-state index in [9.17, 15) is 4.79 Å². The summed E-state index contributed by atoms with van der Waals surface area (Å²) in [6.07, 6.45) is 3.82. The molecule has 1 aromatic heterocycles. The van der Waals surface area contributed by atoms with E-state index >= 15 is 0 Å². The van der Waals surface area contributed by atoms with Gasteiger partial charge >= 0.3 is 0 Å². The fraction of sp³-hybridized carbons (Fsp3) is 0.333. The molecule has 2 aromatic rings. The van der Waals surface area contributed by atoms with Gasteiger partial charge in [0.25, 0.3) is 0 Å². The van der Waals surface area contributed by atoms with E-state index < -0.39 is 0 Å². The van der Waals surface area contributed by atoms with Gasteiger partial charge in [-0.1, -0.05) is 24.3 Å². The van der Waals surface area contributed by atoms with Crippen LogP contribution in [0.2, 0.25) is 0 Å². The van der Waals surface area contributed by atoms with Crippen molar-refractivity contribution in [1.82, 2.24) is 10.3 Å². The number of rotatable bonds is 8. The SMILES string of the molecule is Cc1ccc(NCCCNC(=O)CCc2ccccc2N)nc1.Cl.Cl. The zero-order valence-corrected chi connectivity index (χ0v) is 16.0. The standard InChI is InChI=1S/C18H24N4O.2ClH/c1-14-7-9-17(22-13-14)20-11-4-12-21-18(23)10-8-15-5-2-3-6-16(15)19;;/h2-3,5-7,9,13H,4,8,10-12,19H2,1H3,(H,20,22)(H,21,23);2*1H. The Balaban J connectivity index is 0.00000288. The van der Waals surface area contributed by atoms with E-state index in [-0.39, 0.29) is 30.7 Å². The summed E-state index contributed by atoms with van der Waals surface area (Å²) in [6.45, 7) is 3.44. The van der Waals surface area contributed by atoms with Crippen LogP contribution in [-0.4, -0.2) is 24.0 Å². The molecule has 1 heterocycles. The van der Waals surface area contributed by atoms with Crippen molar-refractivity contribution in [3.8, 4) is 0 Å². The molecular formula is C18H26Cl2N4O. The van der Waals surface area contributed by atoms with Crippen molar-refractivity contribution in [2.45, 2.75) is 26.2 Å². The normalized spacial score (nSPS) is 9.48. The molecule has 0 saturated heterocycles. The van der Waals surface area contributed by atoms with E-state index in [2.05, 4.69) is 15.6 Å². The first-order valence-electron chi connectivity index (χ1n) is 7.92. The molecule has 1 aromatic carbocycles. The van der Waals surface area contributed by atoms with Crippen molar-refractivity contribution in [2.75, 3.05) is 24.1 Å². The summed E-state index contributed by atoms with van der Waals surface area (Å²) in [5.41, 5.74) is 8.77. The first-order valence-corrected chi connectivity index (χ1v) is 7.92. The number of anilines is 2. The molecule has 0 saturated carbocycles. The van der Waals surface area contributed by atoms with Crippen molar-refractivity contribution in [3.05, 3.63) is 53.7 Å². The van der Waals surface area contributed by atoms with Crippen LogP contribution in [0.4, 0.5) is 11.5 Å². The summed E-state index contributed by atoms with van der Waals surface area (Å²) in [5, 5.41) is 6.16. The highest BCUT2D eigenvalue weighted by molar-refractivity contribution is 5.85. The molecule has 4 N–H and O–H groups in total. The number of hydrogen-bond acceptors (Lipinski definition) is 4. The van der Waals surface area contributed by atoms with Crippen LogP contribution in [-0.2, 0) is 11.2 Å². The Morgan fingerprint density at radius 3 is 2.56 bits per heavy atom. The topological polar surface area (TPSA) is 80.0 Å². The number of para-hydroxylation sites is 1. The van der Waals surface area contributed by atoms with Crippen LogP contribution in [0.5, 0.6) is 0 Å². The molecule has 0 aliphatic heterocycles. The molecule has 0 aliphatic rings. The van der Waals surface area contributed by atoms with Crippen LogP contribution in [0, 0.1) is 6.92 Å². The number of carbonyl (C=O) groups excluding carboxylic acids is 1. The van der Waals surface area contributed by atoms with Gasteiger partial charge in [0.05, 0.1) is 0 Å². The van der Waals surface area contributed by atoms with Crippen LogP contribution in [0.25, 0.3) is 0 Å². The Morgan fingerprint density at radius 2 is 1.88 bits per heavy atom. The van der Waals surface area contributed by atoms with Crippen molar-refractivity contribution in [3.63, 3.8) is 0 Å². The molecule has 0 atom stereocenters. The first kappa shape index (κ1) is 23.0. The van der Waals surface area contributed by atoms with Crippen molar-refractivity contribution >= 4 is 42.2 Å². The number of aryl methyl sites for hydroxylation is 2. The molecule has 0 spiro atoms. The summed E-state index contributed by atoms with van der Waals surface area (Å²) < 4.78 is 0. The number of nitrogens with one attached hydrogen (secondary N) is 2. The number of hydrogen-bond donors (Lipinski definition) is 3. The average Bonchev–Trinajstić information content (AvgIpc) is 2.55. The van der Waals surface area contributed by atoms with Crippen LogP contribution in [0.15, 0.2) is 42.6 Å². The van der Waals surface area contributed by atoms with Gasteiger partial charge < -0.3 is 16.4 Å². The first-order chi connectivity index (χ1) is 11.1. The number of aromatic nitrogens is 1. The Bertz CT molecular complexity index is 635. The van der Waals surface area contributed by atoms with E-state index in [1.807, 2.05) is 49.5 Å². The lowest BCUT2D eigenvalue weighted by Crippen LogP contribution is -2.26. The van der Waals surface area contributed by atoms with Gasteiger partial charge in [0, 0.05) is 31.4 Å². The molecule has 0 fully saturated rings. The van der Waals surface area contributed by atoms with Crippen LogP contribution in [0.1, 0.15) is 24.0 Å². The number of pyridine rings is 1. The van der Waals surface area contributed by atoms with E-state index in [1.54, 1.807) is 0 Å². The van der Waals surface area contributed by atoms with Crippen LogP contribution < -0.4 is 16.4 Å². The quantitative estimate of drug-likeness (QED) is 0.481. The second-order valence-corrected chi connectivity index (χ2v) is 5.55. The van der Waals surface area contributed by atoms with Gasteiger partial charge in [-0.05, 0) is 43.0 Å². The lowest BCUT2D eigenvalue weighted by Gasteiger charge is -2.08. The Hall–Kier alpha value is -1.98. The van der Waals surface area contributed by atoms with E-state index in [1.165, 1.54) is 0 Å². The minimum absolute atomic E-state index is 0. The van der Waals surface area contributed by atoms with Gasteiger partial charge in [0.15, 0.2) is 0 Å². The van der Waals surface area contributed by atoms with E-state index in [0.717, 1.165) is 35.6 Å². The van der Waals surface area contributed by atoms with Crippen molar-refractivity contribution in [2.24, 2.45) is 0 Å². The summed E-state index contributed by atoms with van der Waals surface area (Å²) in [7, 11) is 0. The highest BCUT2D eigenvalue weighted by atomic mass is 35.5. The third kappa shape index (κ3) is 8.61. The molecule has 1 amide bonds. The highest BCUT2D eigenvalue weighted by Gasteiger charge is 2.03. The number of benzene rings is 1. The monoisotopic (exact) mass is 384 g/mol. The minimum Gasteiger partial charge on any atom is -0.399 e.